The molecule has 3 heterocycles. The number of aromatic hydroxyl groups is 1. The second kappa shape index (κ2) is 7.15. The molecular weight excluding hydrogens is 328 g/mol. The third-order valence-electron chi connectivity index (χ3n) is 5.05. The standard InChI is InChI=1S/C20H22N4O2/c25-17-9-6-15(7-10-17)5-8-16-4-1-2-13-24(16)19(26)18-14-23-12-3-11-21-20(23)22-18/h3,6-7,9-12,14,16,25H,1-2,4-5,8,13H2/t16-/m0/s1. The van der Waals surface area contributed by atoms with Gasteiger partial charge in [-0.15, -0.1) is 0 Å². The Bertz CT molecular complexity index is 871. The van der Waals surface area contributed by atoms with E-state index in [2.05, 4.69) is 9.97 Å². The highest BCUT2D eigenvalue weighted by Gasteiger charge is 2.28. The first-order valence-corrected chi connectivity index (χ1v) is 9.09. The molecule has 0 spiro atoms. The number of nitrogens with zero attached hydrogens (tertiary/aromatic N) is 4. The van der Waals surface area contributed by atoms with Crippen LogP contribution in [0.2, 0.25) is 0 Å². The number of piperidine rings is 1. The summed E-state index contributed by atoms with van der Waals surface area (Å²) in [6, 6.07) is 9.36. The van der Waals surface area contributed by atoms with Crippen LogP contribution in [0.3, 0.4) is 0 Å². The monoisotopic (exact) mass is 350 g/mol. The van der Waals surface area contributed by atoms with Gasteiger partial charge in [-0.05, 0) is 55.9 Å². The smallest absolute Gasteiger partial charge is 0.274 e. The molecule has 0 saturated carbocycles. The molecule has 6 heteroatoms. The van der Waals surface area contributed by atoms with Crippen molar-refractivity contribution >= 4 is 11.7 Å². The number of likely N-dealkylation sites (tertiary alicyclic amines) is 1. The number of rotatable bonds is 4. The fourth-order valence-corrected chi connectivity index (χ4v) is 3.64. The average molecular weight is 350 g/mol. The summed E-state index contributed by atoms with van der Waals surface area (Å²) in [6.45, 7) is 0.778. The summed E-state index contributed by atoms with van der Waals surface area (Å²) in [5.74, 6) is 0.822. The predicted molar refractivity (Wildman–Crippen MR) is 98.1 cm³/mol. The van der Waals surface area contributed by atoms with Crippen molar-refractivity contribution in [1.82, 2.24) is 19.3 Å². The van der Waals surface area contributed by atoms with Crippen LogP contribution >= 0.6 is 0 Å². The van der Waals surface area contributed by atoms with E-state index >= 15 is 0 Å². The Kier molecular flexibility index (Phi) is 4.56. The van der Waals surface area contributed by atoms with E-state index in [1.54, 1.807) is 28.9 Å². The van der Waals surface area contributed by atoms with Gasteiger partial charge < -0.3 is 10.0 Å². The van der Waals surface area contributed by atoms with Crippen molar-refractivity contribution < 1.29 is 9.90 Å². The Morgan fingerprint density at radius 2 is 2.08 bits per heavy atom. The molecule has 1 N–H and O–H groups in total. The Morgan fingerprint density at radius 3 is 2.88 bits per heavy atom. The van der Waals surface area contributed by atoms with Gasteiger partial charge in [0.05, 0.1) is 0 Å². The molecule has 0 radical (unpaired) electrons. The van der Waals surface area contributed by atoms with Crippen molar-refractivity contribution in [3.63, 3.8) is 0 Å². The van der Waals surface area contributed by atoms with Crippen LogP contribution in [0.4, 0.5) is 0 Å². The molecule has 0 unspecified atom stereocenters. The summed E-state index contributed by atoms with van der Waals surface area (Å²) >= 11 is 0. The summed E-state index contributed by atoms with van der Waals surface area (Å²) in [7, 11) is 0. The number of aryl methyl sites for hydroxylation is 1. The van der Waals surface area contributed by atoms with Crippen molar-refractivity contribution in [2.24, 2.45) is 0 Å². The Hall–Kier alpha value is -2.89. The minimum Gasteiger partial charge on any atom is -0.508 e. The molecule has 1 aliphatic rings. The van der Waals surface area contributed by atoms with Crippen LogP contribution in [0.25, 0.3) is 5.78 Å². The highest BCUT2D eigenvalue weighted by Crippen LogP contribution is 2.24. The molecule has 26 heavy (non-hydrogen) atoms. The maximum atomic E-state index is 13.0. The molecule has 1 amide bonds. The number of amides is 1. The van der Waals surface area contributed by atoms with Gasteiger partial charge in [-0.2, -0.15) is 0 Å². The molecule has 2 aromatic heterocycles. The van der Waals surface area contributed by atoms with Gasteiger partial charge in [0.25, 0.3) is 5.91 Å². The quantitative estimate of drug-likeness (QED) is 0.785. The third kappa shape index (κ3) is 3.40. The number of phenols is 1. The van der Waals surface area contributed by atoms with E-state index in [0.29, 0.717) is 11.5 Å². The van der Waals surface area contributed by atoms with Crippen molar-refractivity contribution in [3.05, 3.63) is 60.2 Å². The van der Waals surface area contributed by atoms with Gasteiger partial charge in [0.1, 0.15) is 11.4 Å². The van der Waals surface area contributed by atoms with Crippen molar-refractivity contribution in [2.75, 3.05) is 6.54 Å². The number of fused-ring (bicyclic) bond motifs is 1. The van der Waals surface area contributed by atoms with Gasteiger partial charge in [-0.25, -0.2) is 9.97 Å². The van der Waals surface area contributed by atoms with Gasteiger partial charge in [-0.1, -0.05) is 12.1 Å². The van der Waals surface area contributed by atoms with E-state index < -0.39 is 0 Å². The lowest BCUT2D eigenvalue weighted by molar-refractivity contribution is 0.0596. The molecule has 6 nitrogen and oxygen atoms in total. The highest BCUT2D eigenvalue weighted by atomic mass is 16.3. The number of imidazole rings is 1. The fraction of sp³-hybridized carbons (Fsp3) is 0.350. The molecule has 3 aromatic rings. The second-order valence-corrected chi connectivity index (χ2v) is 6.81. The third-order valence-corrected chi connectivity index (χ3v) is 5.05. The molecule has 1 fully saturated rings. The highest BCUT2D eigenvalue weighted by molar-refractivity contribution is 5.93. The van der Waals surface area contributed by atoms with Gasteiger partial charge in [0.15, 0.2) is 0 Å². The zero-order chi connectivity index (χ0) is 17.9. The minimum absolute atomic E-state index is 0.00842. The Morgan fingerprint density at radius 1 is 1.23 bits per heavy atom. The lowest BCUT2D eigenvalue weighted by Gasteiger charge is -2.35. The normalized spacial score (nSPS) is 17.5. The number of phenolic OH excluding ortho intramolecular Hbond substituents is 1. The van der Waals surface area contributed by atoms with Crippen LogP contribution in [-0.4, -0.2) is 42.9 Å². The van der Waals surface area contributed by atoms with Crippen LogP contribution in [0.15, 0.2) is 48.9 Å². The number of hydrogen-bond acceptors (Lipinski definition) is 4. The van der Waals surface area contributed by atoms with Gasteiger partial charge in [0.2, 0.25) is 5.78 Å². The molecular formula is C20H22N4O2. The number of hydrogen-bond donors (Lipinski definition) is 1. The van der Waals surface area contributed by atoms with Crippen molar-refractivity contribution in [3.8, 4) is 5.75 Å². The maximum Gasteiger partial charge on any atom is 0.274 e. The first-order valence-electron chi connectivity index (χ1n) is 9.09. The molecule has 1 saturated heterocycles. The topological polar surface area (TPSA) is 70.7 Å². The lowest BCUT2D eigenvalue weighted by atomic mass is 9.95. The number of aromatic nitrogens is 3. The van der Waals surface area contributed by atoms with E-state index in [4.69, 9.17) is 0 Å². The summed E-state index contributed by atoms with van der Waals surface area (Å²) in [4.78, 5) is 23.6. The van der Waals surface area contributed by atoms with Crippen LogP contribution in [0, 0.1) is 0 Å². The maximum absolute atomic E-state index is 13.0. The summed E-state index contributed by atoms with van der Waals surface area (Å²) in [6.07, 6.45) is 10.3. The van der Waals surface area contributed by atoms with E-state index in [9.17, 15) is 9.90 Å². The van der Waals surface area contributed by atoms with Crippen LogP contribution in [0.5, 0.6) is 5.75 Å². The van der Waals surface area contributed by atoms with E-state index in [1.807, 2.05) is 29.3 Å². The van der Waals surface area contributed by atoms with Gasteiger partial charge >= 0.3 is 0 Å². The second-order valence-electron chi connectivity index (χ2n) is 6.81. The first-order chi connectivity index (χ1) is 12.7. The van der Waals surface area contributed by atoms with E-state index in [1.165, 1.54) is 5.56 Å². The van der Waals surface area contributed by atoms with Crippen molar-refractivity contribution in [1.29, 1.82) is 0 Å². The minimum atomic E-state index is -0.00842. The first kappa shape index (κ1) is 16.6. The fourth-order valence-electron chi connectivity index (χ4n) is 3.64. The van der Waals surface area contributed by atoms with Crippen LogP contribution in [-0.2, 0) is 6.42 Å². The Balaban J connectivity index is 1.49. The predicted octanol–water partition coefficient (Wildman–Crippen LogP) is 3.06. The zero-order valence-corrected chi connectivity index (χ0v) is 14.6. The Labute approximate surface area is 152 Å². The molecule has 4 rings (SSSR count). The molecule has 134 valence electrons. The SMILES string of the molecule is O=C(c1cn2cccnc2n1)N1CCCC[C@H]1CCc1ccc(O)cc1. The number of benzene rings is 1. The largest absolute Gasteiger partial charge is 0.508 e. The number of carbonyl (C=O) groups excluding carboxylic acids is 1. The molecule has 1 atom stereocenters. The molecule has 1 aromatic carbocycles. The average Bonchev–Trinajstić information content (AvgIpc) is 3.11. The lowest BCUT2D eigenvalue weighted by Crippen LogP contribution is -2.44. The summed E-state index contributed by atoms with van der Waals surface area (Å²) in [5.41, 5.74) is 1.64. The molecule has 1 aliphatic heterocycles. The summed E-state index contributed by atoms with van der Waals surface area (Å²) < 4.78 is 1.78. The van der Waals surface area contributed by atoms with Crippen LogP contribution < -0.4 is 0 Å². The number of carbonyl (C=O) groups is 1. The summed E-state index contributed by atoms with van der Waals surface area (Å²) in [5, 5.41) is 9.41. The van der Waals surface area contributed by atoms with E-state index in [-0.39, 0.29) is 17.7 Å². The zero-order valence-electron chi connectivity index (χ0n) is 14.6. The molecule has 0 aliphatic carbocycles. The van der Waals surface area contributed by atoms with Crippen molar-refractivity contribution in [2.45, 2.75) is 38.1 Å². The van der Waals surface area contributed by atoms with E-state index in [0.717, 1.165) is 38.6 Å². The van der Waals surface area contributed by atoms with Gasteiger partial charge in [-0.3, -0.25) is 9.20 Å². The van der Waals surface area contributed by atoms with Crippen LogP contribution in [0.1, 0.15) is 41.7 Å². The molecule has 0 bridgehead atoms. The van der Waals surface area contributed by atoms with Gasteiger partial charge in [0, 0.05) is 31.2 Å².